The first-order chi connectivity index (χ1) is 16.7. The van der Waals surface area contributed by atoms with Gasteiger partial charge in [-0.2, -0.15) is 4.31 Å². The highest BCUT2D eigenvalue weighted by molar-refractivity contribution is 7.89. The van der Waals surface area contributed by atoms with E-state index < -0.39 is 10.0 Å². The first kappa shape index (κ1) is 23.2. The molecular weight excluding hydrogens is 466 g/mol. The van der Waals surface area contributed by atoms with E-state index in [4.69, 9.17) is 4.74 Å². The van der Waals surface area contributed by atoms with Gasteiger partial charge in [-0.3, -0.25) is 9.59 Å². The monoisotopic (exact) mass is 499 g/mol. The maximum absolute atomic E-state index is 13.5. The highest BCUT2D eigenvalue weighted by Crippen LogP contribution is 2.61. The molecule has 0 radical (unpaired) electrons. The van der Waals surface area contributed by atoms with Gasteiger partial charge in [-0.05, 0) is 86.8 Å². The Hall–Kier alpha value is -2.23. The molecule has 8 nitrogen and oxygen atoms in total. The normalized spacial score (nSPS) is 31.5. The summed E-state index contributed by atoms with van der Waals surface area (Å²) in [6, 6.07) is 5.86. The summed E-state index contributed by atoms with van der Waals surface area (Å²) in [6.07, 6.45) is 7.49. The number of sulfonamides is 1. The number of hydrogen-bond donors (Lipinski definition) is 2. The van der Waals surface area contributed by atoms with E-state index in [9.17, 15) is 18.0 Å². The molecule has 4 aliphatic carbocycles. The summed E-state index contributed by atoms with van der Waals surface area (Å²) >= 11 is 0. The predicted octanol–water partition coefficient (Wildman–Crippen LogP) is 2.88. The molecule has 35 heavy (non-hydrogen) atoms. The first-order valence-electron chi connectivity index (χ1n) is 12.8. The third kappa shape index (κ3) is 4.01. The van der Waals surface area contributed by atoms with E-state index in [0.717, 1.165) is 17.8 Å². The number of amides is 1. The van der Waals surface area contributed by atoms with Crippen LogP contribution in [0.4, 0.5) is 0 Å². The van der Waals surface area contributed by atoms with Crippen LogP contribution in [0.5, 0.6) is 0 Å². The topological polar surface area (TPSA) is 109 Å². The minimum atomic E-state index is -3.73. The molecule has 1 saturated heterocycles. The van der Waals surface area contributed by atoms with Gasteiger partial charge < -0.3 is 15.0 Å². The summed E-state index contributed by atoms with van der Waals surface area (Å²) in [6.45, 7) is 3.41. The molecule has 2 heterocycles. The zero-order valence-electron chi connectivity index (χ0n) is 20.1. The second-order valence-corrected chi connectivity index (χ2v) is 13.2. The van der Waals surface area contributed by atoms with Gasteiger partial charge in [0.15, 0.2) is 0 Å². The molecule has 4 bridgehead atoms. The number of pyridine rings is 1. The number of nitrogens with one attached hydrogen (secondary N) is 2. The van der Waals surface area contributed by atoms with Crippen LogP contribution in [0.2, 0.25) is 0 Å². The maximum Gasteiger partial charge on any atom is 0.252 e. The van der Waals surface area contributed by atoms with Crippen molar-refractivity contribution in [1.82, 2.24) is 14.6 Å². The Morgan fingerprint density at radius 1 is 1.09 bits per heavy atom. The highest BCUT2D eigenvalue weighted by Gasteiger charge is 2.53. The van der Waals surface area contributed by atoms with Crippen LogP contribution in [0.1, 0.15) is 55.8 Å². The molecule has 5 fully saturated rings. The lowest BCUT2D eigenvalue weighted by Gasteiger charge is -2.59. The van der Waals surface area contributed by atoms with Crippen LogP contribution < -0.4 is 10.9 Å². The Morgan fingerprint density at radius 3 is 2.34 bits per heavy atom. The molecule has 1 amide bonds. The van der Waals surface area contributed by atoms with Crippen LogP contribution in [0.3, 0.4) is 0 Å². The fraction of sp³-hybridized carbons (Fsp3) is 0.615. The van der Waals surface area contributed by atoms with Crippen LogP contribution >= 0.6 is 0 Å². The Bertz CT molecular complexity index is 1290. The van der Waals surface area contributed by atoms with Gasteiger partial charge >= 0.3 is 0 Å². The molecule has 1 aliphatic heterocycles. The van der Waals surface area contributed by atoms with Gasteiger partial charge in [-0.15, -0.1) is 0 Å². The van der Waals surface area contributed by atoms with Crippen molar-refractivity contribution in [3.63, 3.8) is 0 Å². The van der Waals surface area contributed by atoms with Gasteiger partial charge in [0, 0.05) is 36.1 Å². The van der Waals surface area contributed by atoms with Crippen molar-refractivity contribution in [2.75, 3.05) is 26.3 Å². The number of benzene rings is 1. The van der Waals surface area contributed by atoms with E-state index in [1.54, 1.807) is 6.07 Å². The fourth-order valence-corrected chi connectivity index (χ4v) is 9.09. The molecule has 2 aromatic rings. The number of hydrogen-bond acceptors (Lipinski definition) is 5. The summed E-state index contributed by atoms with van der Waals surface area (Å²) < 4.78 is 33.1. The van der Waals surface area contributed by atoms with Crippen molar-refractivity contribution in [3.8, 4) is 0 Å². The van der Waals surface area contributed by atoms with Gasteiger partial charge in [-0.25, -0.2) is 8.42 Å². The SMILES string of the molecule is C[C@H](NC(=O)c1cc(=O)[nH]c2ccc(S(=O)(=O)N3CCOCC3)cc12)C12CC3CC(CC(C3)C1)C2. The lowest BCUT2D eigenvalue weighted by molar-refractivity contribution is -0.0687. The van der Waals surface area contributed by atoms with Gasteiger partial charge in [0.25, 0.3) is 5.91 Å². The number of carbonyl (C=O) groups excluding carboxylic acids is 1. The number of carbonyl (C=O) groups is 1. The van der Waals surface area contributed by atoms with E-state index in [0.29, 0.717) is 37.2 Å². The molecule has 188 valence electrons. The average molecular weight is 500 g/mol. The number of H-pyrrole nitrogens is 1. The molecular formula is C26H33N3O5S. The minimum absolute atomic E-state index is 0.00185. The summed E-state index contributed by atoms with van der Waals surface area (Å²) in [4.78, 5) is 28.8. The van der Waals surface area contributed by atoms with Crippen LogP contribution in [-0.2, 0) is 14.8 Å². The number of nitrogens with zero attached hydrogens (tertiary/aromatic N) is 1. The fourth-order valence-electron chi connectivity index (χ4n) is 7.65. The number of aromatic amines is 1. The van der Waals surface area contributed by atoms with Crippen LogP contribution in [0.15, 0.2) is 34.0 Å². The van der Waals surface area contributed by atoms with Crippen molar-refractivity contribution < 1.29 is 17.9 Å². The van der Waals surface area contributed by atoms with Crippen molar-refractivity contribution in [3.05, 3.63) is 40.2 Å². The third-order valence-corrected chi connectivity index (χ3v) is 10.9. The summed E-state index contributed by atoms with van der Waals surface area (Å²) in [7, 11) is -3.73. The molecule has 7 rings (SSSR count). The standard InChI is InChI=1S/C26H33N3O5S/c1-16(26-13-17-8-18(14-26)10-19(9-17)15-26)27-25(31)22-12-24(30)28-23-3-2-20(11-21(22)23)35(32,33)29-4-6-34-7-5-29/h2-3,11-12,16-19H,4-10,13-15H2,1H3,(H,27,31)(H,28,30)/t16-,17?,18?,19?,26?/m0/s1. The number of morpholine rings is 1. The summed E-state index contributed by atoms with van der Waals surface area (Å²) in [5.41, 5.74) is 0.422. The van der Waals surface area contributed by atoms with E-state index in [1.807, 2.05) is 0 Å². The van der Waals surface area contributed by atoms with Crippen LogP contribution in [0.25, 0.3) is 10.9 Å². The molecule has 5 aliphatic rings. The first-order valence-corrected chi connectivity index (χ1v) is 14.2. The predicted molar refractivity (Wildman–Crippen MR) is 132 cm³/mol. The Kier molecular flexibility index (Phi) is 5.58. The van der Waals surface area contributed by atoms with Gasteiger partial charge in [0.05, 0.1) is 23.7 Å². The third-order valence-electron chi connectivity index (χ3n) is 9.02. The number of aromatic nitrogens is 1. The van der Waals surface area contributed by atoms with Crippen molar-refractivity contribution in [2.24, 2.45) is 23.2 Å². The summed E-state index contributed by atoms with van der Waals surface area (Å²) in [5, 5.41) is 3.67. The Labute approximate surface area is 205 Å². The van der Waals surface area contributed by atoms with Crippen molar-refractivity contribution >= 4 is 26.8 Å². The smallest absolute Gasteiger partial charge is 0.252 e. The zero-order chi connectivity index (χ0) is 24.4. The lowest BCUT2D eigenvalue weighted by Crippen LogP contribution is -2.55. The average Bonchev–Trinajstić information content (AvgIpc) is 2.82. The minimum Gasteiger partial charge on any atom is -0.379 e. The van der Waals surface area contributed by atoms with Crippen molar-refractivity contribution in [2.45, 2.75) is 56.4 Å². The lowest BCUT2D eigenvalue weighted by atomic mass is 9.48. The quantitative estimate of drug-likeness (QED) is 0.658. The molecule has 0 spiro atoms. The molecule has 1 aromatic heterocycles. The molecule has 1 aromatic carbocycles. The zero-order valence-corrected chi connectivity index (χ0v) is 20.9. The maximum atomic E-state index is 13.5. The second-order valence-electron chi connectivity index (χ2n) is 11.2. The molecule has 4 saturated carbocycles. The molecule has 2 N–H and O–H groups in total. The largest absolute Gasteiger partial charge is 0.379 e. The number of fused-ring (bicyclic) bond motifs is 1. The Morgan fingerprint density at radius 2 is 1.71 bits per heavy atom. The van der Waals surface area contributed by atoms with E-state index >= 15 is 0 Å². The molecule has 1 atom stereocenters. The van der Waals surface area contributed by atoms with Gasteiger partial charge in [-0.1, -0.05) is 0 Å². The number of ether oxygens (including phenoxy) is 1. The van der Waals surface area contributed by atoms with Gasteiger partial charge in [0.2, 0.25) is 15.6 Å². The van der Waals surface area contributed by atoms with Crippen molar-refractivity contribution in [1.29, 1.82) is 0 Å². The van der Waals surface area contributed by atoms with E-state index in [-0.39, 0.29) is 33.4 Å². The molecule has 9 heteroatoms. The molecule has 0 unspecified atom stereocenters. The highest BCUT2D eigenvalue weighted by atomic mass is 32.2. The summed E-state index contributed by atoms with van der Waals surface area (Å²) in [5.74, 6) is 2.00. The Balaban J connectivity index is 1.31. The van der Waals surface area contributed by atoms with E-state index in [2.05, 4.69) is 17.2 Å². The van der Waals surface area contributed by atoms with Crippen LogP contribution in [0, 0.1) is 23.2 Å². The second kappa shape index (κ2) is 8.42. The van der Waals surface area contributed by atoms with Gasteiger partial charge in [0.1, 0.15) is 0 Å². The van der Waals surface area contributed by atoms with E-state index in [1.165, 1.54) is 61.0 Å². The van der Waals surface area contributed by atoms with Crippen LogP contribution in [-0.4, -0.2) is 56.0 Å². The number of rotatable bonds is 5.